The lowest BCUT2D eigenvalue weighted by molar-refractivity contribution is -0.131. The number of carbonyl (C=O) groups is 2. The summed E-state index contributed by atoms with van der Waals surface area (Å²) in [6.07, 6.45) is 0.383. The molecule has 0 saturated carbocycles. The molecule has 202 valence electrons. The summed E-state index contributed by atoms with van der Waals surface area (Å²) >= 11 is 5.77. The van der Waals surface area contributed by atoms with Gasteiger partial charge in [0.2, 0.25) is 0 Å². The summed E-state index contributed by atoms with van der Waals surface area (Å²) in [7, 11) is -3.28. The van der Waals surface area contributed by atoms with E-state index in [4.69, 9.17) is 16.3 Å². The molecule has 0 aromatic heterocycles. The maximum Gasteiger partial charge on any atom is 0.270 e. The van der Waals surface area contributed by atoms with Crippen LogP contribution in [0.3, 0.4) is 0 Å². The zero-order valence-electron chi connectivity index (χ0n) is 21.8. The van der Waals surface area contributed by atoms with Gasteiger partial charge in [0.25, 0.3) is 5.91 Å². The first-order valence-electron chi connectivity index (χ1n) is 12.2. The van der Waals surface area contributed by atoms with Crippen molar-refractivity contribution in [3.8, 4) is 5.75 Å². The molecule has 0 radical (unpaired) electrons. The number of anilines is 1. The minimum absolute atomic E-state index is 0.0194. The summed E-state index contributed by atoms with van der Waals surface area (Å²) in [5.41, 5.74) is 0.655. The van der Waals surface area contributed by atoms with Gasteiger partial charge in [0, 0.05) is 25.1 Å². The molecule has 0 bridgehead atoms. The van der Waals surface area contributed by atoms with Crippen LogP contribution in [0.4, 0.5) is 10.1 Å². The second-order valence-corrected chi connectivity index (χ2v) is 12.0. The third-order valence-electron chi connectivity index (χ3n) is 6.05. The van der Waals surface area contributed by atoms with Crippen LogP contribution in [0.5, 0.6) is 5.75 Å². The minimum Gasteiger partial charge on any atom is -0.478 e. The maximum absolute atomic E-state index is 14.0. The third-order valence-corrected chi connectivity index (χ3v) is 8.11. The van der Waals surface area contributed by atoms with Crippen LogP contribution in [0.25, 0.3) is 0 Å². The van der Waals surface area contributed by atoms with Gasteiger partial charge in [-0.25, -0.2) is 12.8 Å². The SMILES string of the molecule is CCN(C(=O)C(C)(C)Oc1ccc(CC(=O)Cc2ccc(S(=O)(=O)CC)cc2)cc1)c1ccc(Cl)c(F)c1. The lowest BCUT2D eigenvalue weighted by Gasteiger charge is -2.32. The quantitative estimate of drug-likeness (QED) is 0.295. The fourth-order valence-electron chi connectivity index (χ4n) is 3.93. The molecule has 0 spiro atoms. The van der Waals surface area contributed by atoms with Crippen LogP contribution in [0.15, 0.2) is 71.6 Å². The summed E-state index contributed by atoms with van der Waals surface area (Å²) in [5, 5.41) is -0.0216. The van der Waals surface area contributed by atoms with E-state index in [-0.39, 0.29) is 40.2 Å². The van der Waals surface area contributed by atoms with Gasteiger partial charge in [0.05, 0.1) is 15.7 Å². The van der Waals surface area contributed by atoms with Gasteiger partial charge in [0.1, 0.15) is 17.3 Å². The second-order valence-electron chi connectivity index (χ2n) is 9.34. The number of ether oxygens (including phenoxy) is 1. The topological polar surface area (TPSA) is 80.8 Å². The summed E-state index contributed by atoms with van der Waals surface area (Å²) in [6, 6.07) is 17.5. The van der Waals surface area contributed by atoms with Crippen molar-refractivity contribution in [2.75, 3.05) is 17.2 Å². The first kappa shape index (κ1) is 29.3. The monoisotopic (exact) mass is 559 g/mol. The van der Waals surface area contributed by atoms with Crippen molar-refractivity contribution in [1.82, 2.24) is 0 Å². The van der Waals surface area contributed by atoms with Crippen LogP contribution in [0.2, 0.25) is 5.02 Å². The van der Waals surface area contributed by atoms with E-state index in [9.17, 15) is 22.4 Å². The third kappa shape index (κ3) is 7.20. The van der Waals surface area contributed by atoms with Crippen molar-refractivity contribution in [2.45, 2.75) is 51.0 Å². The number of amides is 1. The first-order chi connectivity index (χ1) is 17.9. The molecule has 3 rings (SSSR count). The number of hydrogen-bond acceptors (Lipinski definition) is 5. The van der Waals surface area contributed by atoms with Crippen molar-refractivity contribution in [2.24, 2.45) is 0 Å². The smallest absolute Gasteiger partial charge is 0.270 e. The average Bonchev–Trinajstić information content (AvgIpc) is 2.87. The summed E-state index contributed by atoms with van der Waals surface area (Å²) in [6.45, 7) is 6.96. The average molecular weight is 560 g/mol. The van der Waals surface area contributed by atoms with Crippen molar-refractivity contribution in [1.29, 1.82) is 0 Å². The maximum atomic E-state index is 14.0. The Morgan fingerprint density at radius 3 is 1.97 bits per heavy atom. The lowest BCUT2D eigenvalue weighted by Crippen LogP contribution is -2.49. The van der Waals surface area contributed by atoms with Gasteiger partial charge >= 0.3 is 0 Å². The van der Waals surface area contributed by atoms with Gasteiger partial charge in [-0.3, -0.25) is 9.59 Å². The molecule has 0 N–H and O–H groups in total. The molecule has 38 heavy (non-hydrogen) atoms. The van der Waals surface area contributed by atoms with Crippen molar-refractivity contribution in [3.05, 3.63) is 88.7 Å². The van der Waals surface area contributed by atoms with E-state index < -0.39 is 21.3 Å². The Morgan fingerprint density at radius 1 is 0.921 bits per heavy atom. The van der Waals surface area contributed by atoms with Crippen LogP contribution >= 0.6 is 11.6 Å². The van der Waals surface area contributed by atoms with E-state index in [0.29, 0.717) is 18.0 Å². The molecule has 0 heterocycles. The Morgan fingerprint density at radius 2 is 1.47 bits per heavy atom. The van der Waals surface area contributed by atoms with Gasteiger partial charge in [-0.1, -0.05) is 42.8 Å². The van der Waals surface area contributed by atoms with E-state index >= 15 is 0 Å². The Hall–Kier alpha value is -3.23. The van der Waals surface area contributed by atoms with E-state index in [1.54, 1.807) is 70.2 Å². The molecular weight excluding hydrogens is 529 g/mol. The molecule has 0 aliphatic heterocycles. The molecule has 3 aromatic rings. The Kier molecular flexibility index (Phi) is 9.33. The van der Waals surface area contributed by atoms with Crippen LogP contribution in [0, 0.1) is 5.82 Å². The normalized spacial score (nSPS) is 11.7. The molecule has 0 atom stereocenters. The number of likely N-dealkylation sites (N-methyl/N-ethyl adjacent to an activating group) is 1. The zero-order chi connectivity index (χ0) is 28.1. The Labute approximate surface area is 228 Å². The van der Waals surface area contributed by atoms with Crippen LogP contribution in [-0.4, -0.2) is 38.0 Å². The largest absolute Gasteiger partial charge is 0.478 e. The molecular formula is C29H31ClFNO5S. The number of benzene rings is 3. The summed E-state index contributed by atoms with van der Waals surface area (Å²) < 4.78 is 43.8. The molecule has 0 aliphatic carbocycles. The molecule has 0 fully saturated rings. The number of hydrogen-bond donors (Lipinski definition) is 0. The van der Waals surface area contributed by atoms with Gasteiger partial charge in [0.15, 0.2) is 15.4 Å². The Balaban J connectivity index is 1.62. The standard InChI is InChI=1S/C29H31ClFNO5S/c1-5-32(22-11-16-26(30)27(31)19-22)28(34)29(3,4)37-24-12-7-20(8-13-24)17-23(33)18-21-9-14-25(15-10-21)38(35,36)6-2/h7-16,19H,5-6,17-18H2,1-4H3. The highest BCUT2D eigenvalue weighted by atomic mass is 35.5. The summed E-state index contributed by atoms with van der Waals surface area (Å²) in [4.78, 5) is 27.5. The number of nitrogens with zero attached hydrogens (tertiary/aromatic N) is 1. The first-order valence-corrected chi connectivity index (χ1v) is 14.3. The van der Waals surface area contributed by atoms with Gasteiger partial charge < -0.3 is 9.64 Å². The van der Waals surface area contributed by atoms with E-state index in [2.05, 4.69) is 0 Å². The highest BCUT2D eigenvalue weighted by molar-refractivity contribution is 7.91. The van der Waals surface area contributed by atoms with Crippen molar-refractivity contribution >= 4 is 38.8 Å². The second kappa shape index (κ2) is 12.1. The number of sulfone groups is 1. The number of ketones is 1. The molecule has 0 aliphatic rings. The predicted molar refractivity (Wildman–Crippen MR) is 147 cm³/mol. The van der Waals surface area contributed by atoms with Crippen molar-refractivity contribution in [3.63, 3.8) is 0 Å². The minimum atomic E-state index is -3.28. The molecule has 0 saturated heterocycles. The molecule has 9 heteroatoms. The van der Waals surface area contributed by atoms with Crippen LogP contribution < -0.4 is 9.64 Å². The van der Waals surface area contributed by atoms with Gasteiger partial charge in [-0.15, -0.1) is 0 Å². The lowest BCUT2D eigenvalue weighted by atomic mass is 10.0. The number of carbonyl (C=O) groups excluding carboxylic acids is 2. The highest BCUT2D eigenvalue weighted by Gasteiger charge is 2.34. The number of rotatable bonds is 11. The Bertz CT molecular complexity index is 1400. The van der Waals surface area contributed by atoms with E-state index in [1.807, 2.05) is 0 Å². The molecule has 0 unspecified atom stereocenters. The molecule has 1 amide bonds. The predicted octanol–water partition coefficient (Wildman–Crippen LogP) is 5.84. The van der Waals surface area contributed by atoms with Crippen molar-refractivity contribution < 1.29 is 27.1 Å². The fourth-order valence-corrected chi connectivity index (χ4v) is 4.94. The molecule has 3 aromatic carbocycles. The number of Topliss-reactive ketones (excluding diaryl/α,β-unsaturated/α-hetero) is 1. The van der Waals surface area contributed by atoms with Gasteiger partial charge in [-0.05, 0) is 74.4 Å². The number of halogens is 2. The summed E-state index contributed by atoms with van der Waals surface area (Å²) in [5.74, 6) is -0.505. The van der Waals surface area contributed by atoms with E-state index in [1.165, 1.54) is 29.2 Å². The fraction of sp³-hybridized carbons (Fsp3) is 0.310. The van der Waals surface area contributed by atoms with Crippen LogP contribution in [0.1, 0.15) is 38.8 Å². The molecule has 6 nitrogen and oxygen atoms in total. The van der Waals surface area contributed by atoms with E-state index in [0.717, 1.165) is 11.1 Å². The van der Waals surface area contributed by atoms with Gasteiger partial charge in [-0.2, -0.15) is 0 Å². The zero-order valence-corrected chi connectivity index (χ0v) is 23.4. The van der Waals surface area contributed by atoms with Crippen LogP contribution in [-0.2, 0) is 32.3 Å². The highest BCUT2D eigenvalue weighted by Crippen LogP contribution is 2.27.